The zero-order chi connectivity index (χ0) is 22.4. The maximum Gasteiger partial charge on any atom is 0.343 e. The van der Waals surface area contributed by atoms with E-state index in [1.165, 1.54) is 27.2 Å². The molecule has 2 amide bonds. The van der Waals surface area contributed by atoms with E-state index < -0.39 is 29.1 Å². The van der Waals surface area contributed by atoms with Gasteiger partial charge in [-0.25, -0.2) is 9.59 Å². The van der Waals surface area contributed by atoms with Gasteiger partial charge in [0.2, 0.25) is 0 Å². The third-order valence-corrected chi connectivity index (χ3v) is 5.42. The van der Waals surface area contributed by atoms with E-state index in [4.69, 9.17) is 14.2 Å². The summed E-state index contributed by atoms with van der Waals surface area (Å²) in [5.74, 6) is -1.22. The molecule has 162 valence electrons. The summed E-state index contributed by atoms with van der Waals surface area (Å²) in [6, 6.07) is 2.19. The number of hydrogen-bond acceptors (Lipinski definition) is 9. The molecule has 30 heavy (non-hydrogen) atoms. The minimum atomic E-state index is -1.03. The van der Waals surface area contributed by atoms with Crippen LogP contribution in [0.4, 0.5) is 4.79 Å². The number of carbonyl (C=O) groups excluding carboxylic acids is 4. The van der Waals surface area contributed by atoms with Crippen LogP contribution in [0.1, 0.15) is 19.4 Å². The van der Waals surface area contributed by atoms with Gasteiger partial charge in [0.25, 0.3) is 11.1 Å². The third kappa shape index (κ3) is 5.33. The van der Waals surface area contributed by atoms with E-state index in [1.54, 1.807) is 19.1 Å². The van der Waals surface area contributed by atoms with Crippen molar-refractivity contribution >= 4 is 56.9 Å². The van der Waals surface area contributed by atoms with Gasteiger partial charge in [0.15, 0.2) is 18.1 Å². The second-order valence-corrected chi connectivity index (χ2v) is 7.73. The number of ether oxygens (including phenoxy) is 4. The monoisotopic (exact) mass is 501 g/mol. The molecule has 0 saturated carbocycles. The van der Waals surface area contributed by atoms with Crippen LogP contribution < -0.4 is 9.47 Å². The predicted molar refractivity (Wildman–Crippen MR) is 112 cm³/mol. The molecule has 11 heteroatoms. The summed E-state index contributed by atoms with van der Waals surface area (Å²) < 4.78 is 20.6. The van der Waals surface area contributed by atoms with Gasteiger partial charge in [-0.15, -0.1) is 0 Å². The number of hydrogen-bond donors (Lipinski definition) is 0. The lowest BCUT2D eigenvalue weighted by molar-refractivity contribution is -0.150. The van der Waals surface area contributed by atoms with Crippen LogP contribution in [0, 0.1) is 0 Å². The molecule has 9 nitrogen and oxygen atoms in total. The van der Waals surface area contributed by atoms with Gasteiger partial charge in [0, 0.05) is 0 Å². The zero-order valence-electron chi connectivity index (χ0n) is 16.7. The Morgan fingerprint density at radius 3 is 2.57 bits per heavy atom. The van der Waals surface area contributed by atoms with E-state index in [2.05, 4.69) is 20.7 Å². The van der Waals surface area contributed by atoms with Gasteiger partial charge in [-0.1, -0.05) is 0 Å². The highest BCUT2D eigenvalue weighted by Crippen LogP contribution is 2.39. The minimum Gasteiger partial charge on any atom is -0.493 e. The topological polar surface area (TPSA) is 108 Å². The number of imide groups is 1. The van der Waals surface area contributed by atoms with Crippen LogP contribution in [0.3, 0.4) is 0 Å². The zero-order valence-corrected chi connectivity index (χ0v) is 19.1. The highest BCUT2D eigenvalue weighted by atomic mass is 79.9. The quantitative estimate of drug-likeness (QED) is 0.392. The first kappa shape index (κ1) is 23.7. The third-order valence-electron chi connectivity index (χ3n) is 3.95. The normalized spacial score (nSPS) is 15.9. The van der Waals surface area contributed by atoms with E-state index in [1.807, 2.05) is 0 Å². The Morgan fingerprint density at radius 2 is 1.97 bits per heavy atom. The second-order valence-electron chi connectivity index (χ2n) is 5.88. The van der Waals surface area contributed by atoms with E-state index in [0.717, 1.165) is 16.7 Å². The Kier molecular flexibility index (Phi) is 8.30. The standard InChI is InChI=1S/C19H20BrNO8S/c1-5-28-18(24)10(2)21-17(23)14(30-19(21)25)8-11-6-12(20)16(13(7-11)26-3)29-9-15(22)27-4/h6-8,10H,5,9H2,1-4H3/b14-8+/t10-/m1/s1. The molecule has 0 bridgehead atoms. The predicted octanol–water partition coefficient (Wildman–Crippen LogP) is 3.00. The number of nitrogens with zero attached hydrogens (tertiary/aromatic N) is 1. The molecule has 0 N–H and O–H groups in total. The summed E-state index contributed by atoms with van der Waals surface area (Å²) in [5.41, 5.74) is 0.540. The Morgan fingerprint density at radius 1 is 1.27 bits per heavy atom. The summed E-state index contributed by atoms with van der Waals surface area (Å²) in [5, 5.41) is -0.559. The molecule has 1 heterocycles. The van der Waals surface area contributed by atoms with E-state index in [-0.39, 0.29) is 23.9 Å². The van der Waals surface area contributed by atoms with Gasteiger partial charge in [-0.05, 0) is 65.3 Å². The Bertz CT molecular complexity index is 901. The largest absolute Gasteiger partial charge is 0.493 e. The van der Waals surface area contributed by atoms with Crippen LogP contribution in [0.5, 0.6) is 11.5 Å². The lowest BCUT2D eigenvalue weighted by Crippen LogP contribution is -2.42. The highest BCUT2D eigenvalue weighted by Gasteiger charge is 2.41. The molecule has 1 fully saturated rings. The molecule has 0 aromatic heterocycles. The maximum atomic E-state index is 12.7. The number of benzene rings is 1. The summed E-state index contributed by atoms with van der Waals surface area (Å²) in [6.45, 7) is 2.91. The van der Waals surface area contributed by atoms with Gasteiger partial charge in [-0.2, -0.15) is 0 Å². The van der Waals surface area contributed by atoms with Crippen molar-refractivity contribution in [2.75, 3.05) is 27.4 Å². The summed E-state index contributed by atoms with van der Waals surface area (Å²) in [7, 11) is 2.67. The number of amides is 2. The molecule has 1 saturated heterocycles. The van der Waals surface area contributed by atoms with Crippen LogP contribution >= 0.6 is 27.7 Å². The van der Waals surface area contributed by atoms with Crippen molar-refractivity contribution in [3.05, 3.63) is 27.1 Å². The van der Waals surface area contributed by atoms with Gasteiger partial charge >= 0.3 is 11.9 Å². The Hall–Kier alpha value is -2.53. The van der Waals surface area contributed by atoms with Crippen molar-refractivity contribution in [3.8, 4) is 11.5 Å². The lowest BCUT2D eigenvalue weighted by Gasteiger charge is -2.19. The van der Waals surface area contributed by atoms with E-state index >= 15 is 0 Å². The molecule has 2 rings (SSSR count). The fraction of sp³-hybridized carbons (Fsp3) is 0.368. The van der Waals surface area contributed by atoms with Crippen LogP contribution in [-0.4, -0.2) is 61.5 Å². The number of methoxy groups -OCH3 is 2. The molecule has 0 unspecified atom stereocenters. The highest BCUT2D eigenvalue weighted by molar-refractivity contribution is 9.10. The van der Waals surface area contributed by atoms with Crippen molar-refractivity contribution in [2.24, 2.45) is 0 Å². The molecule has 0 aliphatic carbocycles. The van der Waals surface area contributed by atoms with Crippen molar-refractivity contribution in [3.63, 3.8) is 0 Å². The molecule has 0 spiro atoms. The van der Waals surface area contributed by atoms with Gasteiger partial charge < -0.3 is 18.9 Å². The Balaban J connectivity index is 2.29. The SMILES string of the molecule is CCOC(=O)[C@@H](C)N1C(=O)S/C(=C/c2cc(Br)c(OCC(=O)OC)c(OC)c2)C1=O. The van der Waals surface area contributed by atoms with Gasteiger partial charge in [0.1, 0.15) is 6.04 Å². The number of rotatable bonds is 8. The summed E-state index contributed by atoms with van der Waals surface area (Å²) >= 11 is 4.07. The fourth-order valence-electron chi connectivity index (χ4n) is 2.49. The van der Waals surface area contributed by atoms with Gasteiger partial charge in [0.05, 0.1) is 30.2 Å². The maximum absolute atomic E-state index is 12.7. The number of thioether (sulfide) groups is 1. The molecular formula is C19H20BrNO8S. The first-order chi connectivity index (χ1) is 14.2. The summed E-state index contributed by atoms with van der Waals surface area (Å²) in [4.78, 5) is 49.2. The van der Waals surface area contributed by atoms with Crippen molar-refractivity contribution in [1.82, 2.24) is 4.90 Å². The van der Waals surface area contributed by atoms with E-state index in [9.17, 15) is 19.2 Å². The first-order valence-corrected chi connectivity index (χ1v) is 10.3. The molecular weight excluding hydrogens is 482 g/mol. The van der Waals surface area contributed by atoms with Crippen LogP contribution in [0.2, 0.25) is 0 Å². The lowest BCUT2D eigenvalue weighted by atomic mass is 10.1. The molecule has 1 aromatic carbocycles. The number of esters is 2. The van der Waals surface area contributed by atoms with Crippen molar-refractivity contribution < 1.29 is 38.1 Å². The van der Waals surface area contributed by atoms with Gasteiger partial charge in [-0.3, -0.25) is 14.5 Å². The average Bonchev–Trinajstić information content (AvgIpc) is 2.98. The summed E-state index contributed by atoms with van der Waals surface area (Å²) in [6.07, 6.45) is 1.50. The molecule has 0 radical (unpaired) electrons. The molecule has 1 atom stereocenters. The molecule has 1 aliphatic heterocycles. The average molecular weight is 502 g/mol. The van der Waals surface area contributed by atoms with Crippen molar-refractivity contribution in [2.45, 2.75) is 19.9 Å². The minimum absolute atomic E-state index is 0.146. The first-order valence-electron chi connectivity index (χ1n) is 8.74. The molecule has 1 aromatic rings. The smallest absolute Gasteiger partial charge is 0.343 e. The fourth-order valence-corrected chi connectivity index (χ4v) is 3.97. The van der Waals surface area contributed by atoms with Crippen LogP contribution in [0.15, 0.2) is 21.5 Å². The van der Waals surface area contributed by atoms with Crippen LogP contribution in [0.25, 0.3) is 6.08 Å². The number of halogens is 1. The van der Waals surface area contributed by atoms with Crippen molar-refractivity contribution in [1.29, 1.82) is 0 Å². The number of carbonyl (C=O) groups is 4. The molecule has 1 aliphatic rings. The van der Waals surface area contributed by atoms with E-state index in [0.29, 0.717) is 15.8 Å². The second kappa shape index (κ2) is 10.5. The Labute approximate surface area is 185 Å². The van der Waals surface area contributed by atoms with Crippen LogP contribution in [-0.2, 0) is 23.9 Å².